The Bertz CT molecular complexity index is 569. The SMILES string of the molecule is CCCCCCCCCCCCC(Cc1ccccc1)C(C(=O)OCC)=C(C)C. The van der Waals surface area contributed by atoms with Crippen molar-refractivity contribution in [2.24, 2.45) is 5.92 Å². The molecule has 1 atom stereocenters. The molecule has 0 fully saturated rings. The van der Waals surface area contributed by atoms with Crippen LogP contribution in [0.1, 0.15) is 104 Å². The molecular formula is C27H44O2. The topological polar surface area (TPSA) is 26.3 Å². The molecular weight excluding hydrogens is 356 g/mol. The smallest absolute Gasteiger partial charge is 0.334 e. The molecule has 0 aromatic heterocycles. The Balaban J connectivity index is 2.52. The summed E-state index contributed by atoms with van der Waals surface area (Å²) in [6.45, 7) is 8.68. The van der Waals surface area contributed by atoms with Crippen LogP contribution in [-0.4, -0.2) is 12.6 Å². The van der Waals surface area contributed by atoms with Crippen LogP contribution in [0.4, 0.5) is 0 Å². The van der Waals surface area contributed by atoms with E-state index < -0.39 is 0 Å². The summed E-state index contributed by atoms with van der Waals surface area (Å²) in [4.78, 5) is 12.6. The fraction of sp³-hybridized carbons (Fsp3) is 0.667. The van der Waals surface area contributed by atoms with Crippen molar-refractivity contribution in [3.63, 3.8) is 0 Å². The molecule has 164 valence electrons. The number of allylic oxidation sites excluding steroid dienone is 1. The van der Waals surface area contributed by atoms with E-state index in [1.165, 1.54) is 69.8 Å². The van der Waals surface area contributed by atoms with Crippen LogP contribution in [-0.2, 0) is 16.0 Å². The van der Waals surface area contributed by atoms with Crippen LogP contribution in [0.5, 0.6) is 0 Å². The van der Waals surface area contributed by atoms with Crippen LogP contribution in [0.2, 0.25) is 0 Å². The molecule has 0 radical (unpaired) electrons. The largest absolute Gasteiger partial charge is 0.463 e. The molecule has 1 rings (SSSR count). The summed E-state index contributed by atoms with van der Waals surface area (Å²) in [5, 5.41) is 0. The lowest BCUT2D eigenvalue weighted by molar-refractivity contribution is -0.139. The fourth-order valence-electron chi connectivity index (χ4n) is 4.11. The maximum absolute atomic E-state index is 12.6. The first-order valence-electron chi connectivity index (χ1n) is 12.0. The highest BCUT2D eigenvalue weighted by Gasteiger charge is 2.23. The zero-order valence-electron chi connectivity index (χ0n) is 19.5. The van der Waals surface area contributed by atoms with Crippen LogP contribution in [0, 0.1) is 5.92 Å². The predicted octanol–water partition coefficient (Wildman–Crippen LogP) is 8.06. The molecule has 29 heavy (non-hydrogen) atoms. The average Bonchev–Trinajstić information content (AvgIpc) is 2.70. The number of ether oxygens (including phenoxy) is 1. The molecule has 1 aromatic rings. The molecule has 1 aromatic carbocycles. The van der Waals surface area contributed by atoms with Crippen LogP contribution >= 0.6 is 0 Å². The maximum Gasteiger partial charge on any atom is 0.334 e. The predicted molar refractivity (Wildman–Crippen MR) is 125 cm³/mol. The van der Waals surface area contributed by atoms with E-state index in [0.717, 1.165) is 24.0 Å². The lowest BCUT2D eigenvalue weighted by atomic mass is 9.85. The van der Waals surface area contributed by atoms with Gasteiger partial charge in [-0.3, -0.25) is 0 Å². The van der Waals surface area contributed by atoms with Gasteiger partial charge >= 0.3 is 5.97 Å². The Labute approximate surface area is 180 Å². The molecule has 0 bridgehead atoms. The summed E-state index contributed by atoms with van der Waals surface area (Å²) in [7, 11) is 0. The lowest BCUT2D eigenvalue weighted by Crippen LogP contribution is -2.19. The number of carbonyl (C=O) groups excluding carboxylic acids is 1. The summed E-state index contributed by atoms with van der Waals surface area (Å²) in [5.41, 5.74) is 3.29. The van der Waals surface area contributed by atoms with Gasteiger partial charge in [0.15, 0.2) is 0 Å². The van der Waals surface area contributed by atoms with Crippen LogP contribution < -0.4 is 0 Å². The number of rotatable bonds is 16. The third kappa shape index (κ3) is 11.3. The van der Waals surface area contributed by atoms with Gasteiger partial charge in [-0.25, -0.2) is 4.79 Å². The Morgan fingerprint density at radius 3 is 1.90 bits per heavy atom. The molecule has 0 spiro atoms. The second-order valence-electron chi connectivity index (χ2n) is 8.49. The zero-order chi connectivity index (χ0) is 21.3. The van der Waals surface area contributed by atoms with E-state index in [1.807, 2.05) is 26.8 Å². The summed E-state index contributed by atoms with van der Waals surface area (Å²) in [6.07, 6.45) is 15.4. The molecule has 0 aliphatic carbocycles. The number of hydrogen-bond acceptors (Lipinski definition) is 2. The Morgan fingerprint density at radius 2 is 1.38 bits per heavy atom. The number of hydrogen-bond donors (Lipinski definition) is 0. The summed E-state index contributed by atoms with van der Waals surface area (Å²) in [5.74, 6) is 0.121. The normalized spacial score (nSPS) is 11.9. The maximum atomic E-state index is 12.6. The van der Waals surface area contributed by atoms with Crippen molar-refractivity contribution < 1.29 is 9.53 Å². The first-order valence-corrected chi connectivity index (χ1v) is 12.0. The van der Waals surface area contributed by atoms with Crippen molar-refractivity contribution in [2.45, 2.75) is 105 Å². The highest BCUT2D eigenvalue weighted by atomic mass is 16.5. The monoisotopic (exact) mass is 400 g/mol. The van der Waals surface area contributed by atoms with Crippen molar-refractivity contribution in [3.8, 4) is 0 Å². The summed E-state index contributed by atoms with van der Waals surface area (Å²) < 4.78 is 5.39. The van der Waals surface area contributed by atoms with Gasteiger partial charge in [-0.05, 0) is 45.1 Å². The van der Waals surface area contributed by atoms with E-state index in [9.17, 15) is 4.79 Å². The minimum Gasteiger partial charge on any atom is -0.463 e. The minimum atomic E-state index is -0.125. The standard InChI is InChI=1S/C27H44O2/c1-5-7-8-9-10-11-12-13-14-18-21-25(22-24-19-16-15-17-20-24)26(23(3)4)27(28)29-6-2/h15-17,19-20,25H,5-14,18,21-22H2,1-4H3. The molecule has 0 N–H and O–H groups in total. The van der Waals surface area contributed by atoms with Crippen molar-refractivity contribution in [2.75, 3.05) is 6.61 Å². The molecule has 0 heterocycles. The van der Waals surface area contributed by atoms with Crippen molar-refractivity contribution in [1.29, 1.82) is 0 Å². The van der Waals surface area contributed by atoms with E-state index >= 15 is 0 Å². The van der Waals surface area contributed by atoms with E-state index in [1.54, 1.807) is 0 Å². The molecule has 0 saturated carbocycles. The van der Waals surface area contributed by atoms with Gasteiger partial charge < -0.3 is 4.74 Å². The molecule has 0 amide bonds. The van der Waals surface area contributed by atoms with Gasteiger partial charge in [0, 0.05) is 5.57 Å². The van der Waals surface area contributed by atoms with Crippen LogP contribution in [0.15, 0.2) is 41.5 Å². The van der Waals surface area contributed by atoms with E-state index in [-0.39, 0.29) is 11.9 Å². The molecule has 0 aliphatic heterocycles. The quantitative estimate of drug-likeness (QED) is 0.159. The number of benzene rings is 1. The van der Waals surface area contributed by atoms with Gasteiger partial charge in [-0.15, -0.1) is 0 Å². The molecule has 2 nitrogen and oxygen atoms in total. The number of unbranched alkanes of at least 4 members (excludes halogenated alkanes) is 9. The first kappa shape index (κ1) is 25.5. The van der Waals surface area contributed by atoms with E-state index in [0.29, 0.717) is 6.61 Å². The van der Waals surface area contributed by atoms with Gasteiger partial charge in [0.05, 0.1) is 6.61 Å². The van der Waals surface area contributed by atoms with Crippen molar-refractivity contribution >= 4 is 5.97 Å². The molecule has 1 unspecified atom stereocenters. The highest BCUT2D eigenvalue weighted by Crippen LogP contribution is 2.27. The van der Waals surface area contributed by atoms with Gasteiger partial charge in [-0.1, -0.05) is 107 Å². The summed E-state index contributed by atoms with van der Waals surface area (Å²) in [6, 6.07) is 10.5. The molecule has 0 aliphatic rings. The average molecular weight is 401 g/mol. The van der Waals surface area contributed by atoms with Gasteiger partial charge in [0.25, 0.3) is 0 Å². The third-order valence-corrected chi connectivity index (χ3v) is 5.67. The van der Waals surface area contributed by atoms with Crippen LogP contribution in [0.3, 0.4) is 0 Å². The first-order chi connectivity index (χ1) is 14.1. The second kappa shape index (κ2) is 16.3. The highest BCUT2D eigenvalue weighted by molar-refractivity contribution is 5.89. The number of carbonyl (C=O) groups is 1. The second-order valence-corrected chi connectivity index (χ2v) is 8.49. The Kier molecular flexibility index (Phi) is 14.3. The fourth-order valence-corrected chi connectivity index (χ4v) is 4.11. The van der Waals surface area contributed by atoms with Gasteiger partial charge in [0.1, 0.15) is 0 Å². The van der Waals surface area contributed by atoms with Gasteiger partial charge in [0.2, 0.25) is 0 Å². The Morgan fingerprint density at radius 1 is 0.828 bits per heavy atom. The van der Waals surface area contributed by atoms with E-state index in [4.69, 9.17) is 4.74 Å². The minimum absolute atomic E-state index is 0.125. The lowest BCUT2D eigenvalue weighted by Gasteiger charge is -2.21. The van der Waals surface area contributed by atoms with Gasteiger partial charge in [-0.2, -0.15) is 0 Å². The molecule has 2 heteroatoms. The Hall–Kier alpha value is -1.57. The van der Waals surface area contributed by atoms with Crippen molar-refractivity contribution in [3.05, 3.63) is 47.0 Å². The number of esters is 1. The van der Waals surface area contributed by atoms with E-state index in [2.05, 4.69) is 31.2 Å². The van der Waals surface area contributed by atoms with Crippen LogP contribution in [0.25, 0.3) is 0 Å². The third-order valence-electron chi connectivity index (χ3n) is 5.67. The zero-order valence-corrected chi connectivity index (χ0v) is 19.5. The summed E-state index contributed by atoms with van der Waals surface area (Å²) >= 11 is 0. The molecule has 0 saturated heterocycles. The van der Waals surface area contributed by atoms with Crippen molar-refractivity contribution in [1.82, 2.24) is 0 Å².